The number of amides is 2. The number of primary amides is 1. The molecule has 6 nitrogen and oxygen atoms in total. The van der Waals surface area contributed by atoms with Gasteiger partial charge in [-0.3, -0.25) is 4.90 Å². The number of hydrogen-bond acceptors (Lipinski definition) is 4. The van der Waals surface area contributed by atoms with Crippen molar-refractivity contribution in [3.8, 4) is 11.1 Å². The van der Waals surface area contributed by atoms with Gasteiger partial charge in [0, 0.05) is 11.6 Å². The van der Waals surface area contributed by atoms with Gasteiger partial charge in [0.15, 0.2) is 0 Å². The summed E-state index contributed by atoms with van der Waals surface area (Å²) in [4.78, 5) is 21.5. The van der Waals surface area contributed by atoms with Crippen molar-refractivity contribution < 1.29 is 18.0 Å². The van der Waals surface area contributed by atoms with Crippen LogP contribution in [0.4, 0.5) is 35.3 Å². The lowest BCUT2D eigenvalue weighted by Crippen LogP contribution is -2.31. The number of alkyl halides is 3. The van der Waals surface area contributed by atoms with Gasteiger partial charge in [0.05, 0.1) is 22.5 Å². The van der Waals surface area contributed by atoms with Crippen LogP contribution in [0.2, 0.25) is 0 Å². The summed E-state index contributed by atoms with van der Waals surface area (Å²) in [6, 6.07) is 14.2. The first kappa shape index (κ1) is 21.1. The largest absolute Gasteiger partial charge is 0.416 e. The zero-order chi connectivity index (χ0) is 23.0. The first-order chi connectivity index (χ1) is 15.1. The molecule has 1 heterocycles. The van der Waals surface area contributed by atoms with Gasteiger partial charge in [0.2, 0.25) is 5.95 Å². The minimum Gasteiger partial charge on any atom is -0.368 e. The Morgan fingerprint density at radius 2 is 1.75 bits per heavy atom. The van der Waals surface area contributed by atoms with Gasteiger partial charge < -0.3 is 11.5 Å². The van der Waals surface area contributed by atoms with Crippen LogP contribution in [0.5, 0.6) is 0 Å². The van der Waals surface area contributed by atoms with Crippen LogP contribution in [0, 0.1) is 6.92 Å². The predicted octanol–water partition coefficient (Wildman–Crippen LogP) is 5.42. The predicted molar refractivity (Wildman–Crippen MR) is 117 cm³/mol. The number of benzene rings is 3. The zero-order valence-electron chi connectivity index (χ0n) is 16.9. The standard InChI is InChI=1S/C23H18F3N5O/c1-13-5-7-18(31(22(28)32)17-4-2-3-16(10-17)23(24,25)26)11-19(13)14-6-8-20-15(9-14)12-29-21(27)30-20/h2-12H,1H3,(H2,28,32)(H2,27,29,30). The van der Waals surface area contributed by atoms with Crippen molar-refractivity contribution >= 4 is 34.3 Å². The maximum absolute atomic E-state index is 13.2. The molecular weight excluding hydrogens is 419 g/mol. The summed E-state index contributed by atoms with van der Waals surface area (Å²) in [7, 11) is 0. The summed E-state index contributed by atoms with van der Waals surface area (Å²) in [5.41, 5.74) is 13.8. The molecule has 2 amide bonds. The van der Waals surface area contributed by atoms with Gasteiger partial charge in [0.25, 0.3) is 0 Å². The van der Waals surface area contributed by atoms with E-state index in [-0.39, 0.29) is 11.6 Å². The average molecular weight is 437 g/mol. The number of halogens is 3. The molecule has 0 fully saturated rings. The highest BCUT2D eigenvalue weighted by Crippen LogP contribution is 2.36. The van der Waals surface area contributed by atoms with Crippen LogP contribution in [0.15, 0.2) is 66.9 Å². The number of urea groups is 1. The lowest BCUT2D eigenvalue weighted by Gasteiger charge is -2.23. The second-order valence-corrected chi connectivity index (χ2v) is 7.22. The molecule has 0 saturated carbocycles. The molecule has 1 aromatic heterocycles. The Morgan fingerprint density at radius 1 is 1.00 bits per heavy atom. The van der Waals surface area contributed by atoms with E-state index in [9.17, 15) is 18.0 Å². The van der Waals surface area contributed by atoms with Crippen LogP contribution < -0.4 is 16.4 Å². The quantitative estimate of drug-likeness (QED) is 0.447. The molecule has 0 radical (unpaired) electrons. The number of carbonyl (C=O) groups excluding carboxylic acids is 1. The van der Waals surface area contributed by atoms with Gasteiger partial charge in [-0.1, -0.05) is 18.2 Å². The molecule has 0 aliphatic heterocycles. The van der Waals surface area contributed by atoms with Gasteiger partial charge in [-0.15, -0.1) is 0 Å². The molecule has 162 valence electrons. The van der Waals surface area contributed by atoms with Crippen molar-refractivity contribution in [3.63, 3.8) is 0 Å². The van der Waals surface area contributed by atoms with Crippen molar-refractivity contribution in [3.05, 3.63) is 78.0 Å². The van der Waals surface area contributed by atoms with E-state index in [4.69, 9.17) is 11.5 Å². The molecule has 4 aromatic rings. The number of fused-ring (bicyclic) bond motifs is 1. The molecule has 0 unspecified atom stereocenters. The molecule has 4 rings (SSSR count). The van der Waals surface area contributed by atoms with Crippen molar-refractivity contribution in [2.45, 2.75) is 13.1 Å². The molecule has 9 heteroatoms. The van der Waals surface area contributed by atoms with Crippen molar-refractivity contribution in [1.82, 2.24) is 9.97 Å². The van der Waals surface area contributed by atoms with Crippen LogP contribution in [0.1, 0.15) is 11.1 Å². The summed E-state index contributed by atoms with van der Waals surface area (Å²) in [5, 5.41) is 0.770. The van der Waals surface area contributed by atoms with E-state index < -0.39 is 17.8 Å². The summed E-state index contributed by atoms with van der Waals surface area (Å²) in [5.74, 6) is 0.168. The third-order valence-electron chi connectivity index (χ3n) is 5.04. The lowest BCUT2D eigenvalue weighted by atomic mass is 9.98. The monoisotopic (exact) mass is 437 g/mol. The van der Waals surface area contributed by atoms with Crippen LogP contribution in [-0.2, 0) is 6.18 Å². The Balaban J connectivity index is 1.82. The van der Waals surface area contributed by atoms with Crippen LogP contribution in [0.3, 0.4) is 0 Å². The number of nitrogens with two attached hydrogens (primary N) is 2. The Kier molecular flexibility index (Phi) is 5.17. The maximum atomic E-state index is 13.2. The number of nitrogen functional groups attached to an aromatic ring is 1. The van der Waals surface area contributed by atoms with E-state index in [0.717, 1.165) is 39.1 Å². The third-order valence-corrected chi connectivity index (χ3v) is 5.04. The Hall–Kier alpha value is -4.14. The first-order valence-electron chi connectivity index (χ1n) is 9.53. The number of rotatable bonds is 3. The highest BCUT2D eigenvalue weighted by atomic mass is 19.4. The molecule has 0 aliphatic rings. The van der Waals surface area contributed by atoms with E-state index in [1.165, 1.54) is 12.1 Å². The van der Waals surface area contributed by atoms with Crippen molar-refractivity contribution in [2.75, 3.05) is 10.6 Å². The van der Waals surface area contributed by atoms with E-state index in [1.54, 1.807) is 30.5 Å². The van der Waals surface area contributed by atoms with E-state index in [0.29, 0.717) is 11.2 Å². The lowest BCUT2D eigenvalue weighted by molar-refractivity contribution is -0.137. The highest BCUT2D eigenvalue weighted by Gasteiger charge is 2.31. The van der Waals surface area contributed by atoms with Gasteiger partial charge in [0.1, 0.15) is 0 Å². The van der Waals surface area contributed by atoms with Crippen LogP contribution in [-0.4, -0.2) is 16.0 Å². The molecule has 0 aliphatic carbocycles. The van der Waals surface area contributed by atoms with E-state index in [2.05, 4.69) is 9.97 Å². The van der Waals surface area contributed by atoms with Gasteiger partial charge in [-0.25, -0.2) is 14.8 Å². The molecule has 0 atom stereocenters. The molecule has 4 N–H and O–H groups in total. The Labute approximate surface area is 181 Å². The Morgan fingerprint density at radius 3 is 2.47 bits per heavy atom. The number of hydrogen-bond donors (Lipinski definition) is 2. The molecule has 0 bridgehead atoms. The fourth-order valence-corrected chi connectivity index (χ4v) is 3.50. The van der Waals surface area contributed by atoms with Gasteiger partial charge in [-0.2, -0.15) is 13.2 Å². The van der Waals surface area contributed by atoms with E-state index >= 15 is 0 Å². The summed E-state index contributed by atoms with van der Waals surface area (Å²) < 4.78 is 39.5. The number of aromatic nitrogens is 2. The minimum absolute atomic E-state index is 0.0181. The number of nitrogens with zero attached hydrogens (tertiary/aromatic N) is 3. The molecule has 0 saturated heterocycles. The summed E-state index contributed by atoms with van der Waals surface area (Å²) in [6.07, 6.45) is -2.94. The third kappa shape index (κ3) is 4.04. The van der Waals surface area contributed by atoms with Crippen molar-refractivity contribution in [2.24, 2.45) is 5.73 Å². The number of anilines is 3. The second-order valence-electron chi connectivity index (χ2n) is 7.22. The first-order valence-corrected chi connectivity index (χ1v) is 9.53. The number of aryl methyl sites for hydroxylation is 1. The molecule has 3 aromatic carbocycles. The molecule has 0 spiro atoms. The average Bonchev–Trinajstić information content (AvgIpc) is 2.74. The van der Waals surface area contributed by atoms with E-state index in [1.807, 2.05) is 19.1 Å². The fourth-order valence-electron chi connectivity index (χ4n) is 3.50. The topological polar surface area (TPSA) is 98.1 Å². The number of carbonyl (C=O) groups is 1. The fraction of sp³-hybridized carbons (Fsp3) is 0.0870. The van der Waals surface area contributed by atoms with Crippen molar-refractivity contribution in [1.29, 1.82) is 0 Å². The summed E-state index contributed by atoms with van der Waals surface area (Å²) in [6.45, 7) is 1.89. The normalized spacial score (nSPS) is 11.5. The Bertz CT molecular complexity index is 1340. The van der Waals surface area contributed by atoms with Gasteiger partial charge in [-0.05, 0) is 66.1 Å². The molecular formula is C23H18F3N5O. The maximum Gasteiger partial charge on any atom is 0.416 e. The SMILES string of the molecule is Cc1ccc(N(C(N)=O)c2cccc(C(F)(F)F)c2)cc1-c1ccc2nc(N)ncc2c1. The van der Waals surface area contributed by atoms with Crippen LogP contribution in [0.25, 0.3) is 22.0 Å². The highest BCUT2D eigenvalue weighted by molar-refractivity contribution is 5.99. The smallest absolute Gasteiger partial charge is 0.368 e. The molecule has 32 heavy (non-hydrogen) atoms. The van der Waals surface area contributed by atoms with Gasteiger partial charge >= 0.3 is 12.2 Å². The minimum atomic E-state index is -4.55. The summed E-state index contributed by atoms with van der Waals surface area (Å²) >= 11 is 0. The van der Waals surface area contributed by atoms with Crippen LogP contribution >= 0.6 is 0 Å². The zero-order valence-corrected chi connectivity index (χ0v) is 16.9. The second kappa shape index (κ2) is 7.84.